The van der Waals surface area contributed by atoms with Gasteiger partial charge in [-0.05, 0) is 24.6 Å². The van der Waals surface area contributed by atoms with Crippen LogP contribution in [0.1, 0.15) is 21.6 Å². The molecule has 0 saturated heterocycles. The van der Waals surface area contributed by atoms with Gasteiger partial charge in [0.05, 0.1) is 18.5 Å². The van der Waals surface area contributed by atoms with Crippen molar-refractivity contribution in [3.63, 3.8) is 0 Å². The zero-order chi connectivity index (χ0) is 21.3. The van der Waals surface area contributed by atoms with E-state index in [1.165, 1.54) is 29.8 Å². The molecule has 29 heavy (non-hydrogen) atoms. The Morgan fingerprint density at radius 3 is 2.59 bits per heavy atom. The number of aryl methyl sites for hydroxylation is 1. The van der Waals surface area contributed by atoms with Gasteiger partial charge in [0.1, 0.15) is 25.1 Å². The second-order valence-electron chi connectivity index (χ2n) is 7.69. The summed E-state index contributed by atoms with van der Waals surface area (Å²) < 4.78 is 35.7. The monoisotopic (exact) mass is 413 g/mol. The van der Waals surface area contributed by atoms with E-state index in [-0.39, 0.29) is 22.6 Å². The smallest absolute Gasteiger partial charge is 0.341 e. The van der Waals surface area contributed by atoms with Crippen LogP contribution in [0.4, 0.5) is 20.2 Å². The van der Waals surface area contributed by atoms with Gasteiger partial charge < -0.3 is 14.5 Å². The van der Waals surface area contributed by atoms with E-state index >= 15 is 4.39 Å². The molecule has 0 radical (unpaired) electrons. The maximum atomic E-state index is 15.3. The number of esters is 1. The largest absolute Gasteiger partial charge is 0.465 e. The zero-order valence-electron chi connectivity index (χ0n) is 16.9. The average molecular weight is 414 g/mol. The van der Waals surface area contributed by atoms with Gasteiger partial charge in [0, 0.05) is 12.4 Å². The quantitative estimate of drug-likeness (QED) is 0.385. The molecular formula is C21H21F2N3O2Si. The molecule has 0 aliphatic heterocycles. The van der Waals surface area contributed by atoms with Crippen LogP contribution in [0.2, 0.25) is 19.6 Å². The molecule has 2 heterocycles. The minimum Gasteiger partial charge on any atom is -0.465 e. The second-order valence-corrected chi connectivity index (χ2v) is 12.4. The van der Waals surface area contributed by atoms with Crippen LogP contribution >= 0.6 is 0 Å². The lowest BCUT2D eigenvalue weighted by atomic mass is 10.1. The number of pyridine rings is 1. The number of aromatic nitrogens is 2. The second kappa shape index (κ2) is 7.68. The van der Waals surface area contributed by atoms with E-state index in [2.05, 4.69) is 41.4 Å². The summed E-state index contributed by atoms with van der Waals surface area (Å²) in [6, 6.07) is 4.47. The Morgan fingerprint density at radius 1 is 1.24 bits per heavy atom. The van der Waals surface area contributed by atoms with Crippen molar-refractivity contribution < 1.29 is 18.3 Å². The molecule has 8 heteroatoms. The maximum Gasteiger partial charge on any atom is 0.341 e. The number of carbonyl (C=O) groups excluding carboxylic acids is 1. The number of ether oxygens (including phenoxy) is 1. The Kier molecular flexibility index (Phi) is 5.44. The number of methoxy groups -OCH3 is 1. The molecule has 150 valence electrons. The Labute approximate surface area is 168 Å². The van der Waals surface area contributed by atoms with Crippen LogP contribution in [0.25, 0.3) is 5.65 Å². The molecule has 3 aromatic rings. The highest BCUT2D eigenvalue weighted by atomic mass is 28.3. The predicted octanol–water partition coefficient (Wildman–Crippen LogP) is 4.68. The van der Waals surface area contributed by atoms with Crippen LogP contribution < -0.4 is 5.32 Å². The van der Waals surface area contributed by atoms with Gasteiger partial charge in [-0.2, -0.15) is 0 Å². The number of hydrogen-bond donors (Lipinski definition) is 1. The van der Waals surface area contributed by atoms with Crippen molar-refractivity contribution in [1.29, 1.82) is 0 Å². The third-order valence-electron chi connectivity index (χ3n) is 4.04. The fourth-order valence-corrected chi connectivity index (χ4v) is 3.15. The highest BCUT2D eigenvalue weighted by Gasteiger charge is 2.22. The summed E-state index contributed by atoms with van der Waals surface area (Å²) in [5, 5.41) is 2.68. The summed E-state index contributed by atoms with van der Waals surface area (Å²) in [7, 11) is -0.448. The number of imidazole rings is 1. The van der Waals surface area contributed by atoms with Gasteiger partial charge in [0.2, 0.25) is 0 Å². The lowest BCUT2D eigenvalue weighted by Gasteiger charge is -2.13. The Balaban J connectivity index is 2.17. The fourth-order valence-electron chi connectivity index (χ4n) is 2.64. The number of benzene rings is 1. The van der Waals surface area contributed by atoms with Crippen molar-refractivity contribution in [3.05, 3.63) is 59.0 Å². The van der Waals surface area contributed by atoms with E-state index in [9.17, 15) is 9.18 Å². The molecule has 0 amide bonds. The Hall–Kier alpha value is -3.18. The number of anilines is 2. The molecule has 1 N–H and O–H groups in total. The van der Waals surface area contributed by atoms with Gasteiger partial charge in [-0.15, -0.1) is 5.54 Å². The van der Waals surface area contributed by atoms with Crippen molar-refractivity contribution in [2.24, 2.45) is 0 Å². The van der Waals surface area contributed by atoms with E-state index < -0.39 is 25.7 Å². The van der Waals surface area contributed by atoms with E-state index in [1.54, 1.807) is 19.2 Å². The van der Waals surface area contributed by atoms with Crippen LogP contribution in [0, 0.1) is 30.0 Å². The van der Waals surface area contributed by atoms with Crippen LogP contribution in [0.5, 0.6) is 0 Å². The molecule has 3 rings (SSSR count). The topological polar surface area (TPSA) is 55.6 Å². The number of fused-ring (bicyclic) bond motifs is 1. The normalized spacial score (nSPS) is 11.1. The molecule has 0 unspecified atom stereocenters. The molecule has 2 aromatic heterocycles. The minimum absolute atomic E-state index is 0.0208. The van der Waals surface area contributed by atoms with Crippen molar-refractivity contribution in [2.45, 2.75) is 26.6 Å². The molecule has 0 aliphatic rings. The standard InChI is InChI=1S/C21H21F2N3O2Si/c1-13-6-7-17(16(22)10-13)25-19-15(21(27)28-2)12-26-11-14(8-9-29(3,4)5)24-20(26)18(19)23/h6-7,10-12,25H,1-5H3. The molecule has 0 spiro atoms. The number of halogens is 2. The van der Waals surface area contributed by atoms with Crippen LogP contribution in [-0.4, -0.2) is 30.5 Å². The molecular weight excluding hydrogens is 392 g/mol. The van der Waals surface area contributed by atoms with Gasteiger partial charge >= 0.3 is 5.97 Å². The molecule has 0 aliphatic carbocycles. The summed E-state index contributed by atoms with van der Waals surface area (Å²) in [5.74, 6) is 0.843. The van der Waals surface area contributed by atoms with Gasteiger partial charge in [-0.3, -0.25) is 0 Å². The first-order chi connectivity index (χ1) is 13.6. The number of hydrogen-bond acceptors (Lipinski definition) is 4. The number of nitrogens with one attached hydrogen (secondary N) is 1. The first-order valence-electron chi connectivity index (χ1n) is 8.95. The summed E-state index contributed by atoms with van der Waals surface area (Å²) in [6.07, 6.45) is 2.94. The highest BCUT2D eigenvalue weighted by Crippen LogP contribution is 2.29. The van der Waals surface area contributed by atoms with E-state index in [4.69, 9.17) is 4.74 Å². The van der Waals surface area contributed by atoms with E-state index in [0.29, 0.717) is 5.69 Å². The first kappa shape index (κ1) is 20.5. The SMILES string of the molecule is COC(=O)c1cn2cc(C#C[Si](C)(C)C)nc2c(F)c1Nc1ccc(C)cc1F. The van der Waals surface area contributed by atoms with Crippen LogP contribution in [0.15, 0.2) is 30.6 Å². The summed E-state index contributed by atoms with van der Waals surface area (Å²) in [4.78, 5) is 16.5. The van der Waals surface area contributed by atoms with Gasteiger partial charge in [-0.1, -0.05) is 31.6 Å². The lowest BCUT2D eigenvalue weighted by molar-refractivity contribution is 0.0601. The summed E-state index contributed by atoms with van der Waals surface area (Å²) in [5.41, 5.74) is 4.00. The van der Waals surface area contributed by atoms with Crippen molar-refractivity contribution >= 4 is 31.1 Å². The van der Waals surface area contributed by atoms with E-state index in [0.717, 1.165) is 5.56 Å². The Morgan fingerprint density at radius 2 is 1.97 bits per heavy atom. The molecule has 0 fully saturated rings. The van der Waals surface area contributed by atoms with Gasteiger partial charge in [0.25, 0.3) is 0 Å². The average Bonchev–Trinajstić information content (AvgIpc) is 3.06. The van der Waals surface area contributed by atoms with Gasteiger partial charge in [0.15, 0.2) is 11.5 Å². The lowest BCUT2D eigenvalue weighted by Crippen LogP contribution is -2.16. The van der Waals surface area contributed by atoms with Crippen molar-refractivity contribution in [1.82, 2.24) is 9.38 Å². The summed E-state index contributed by atoms with van der Waals surface area (Å²) in [6.45, 7) is 8.00. The molecule has 1 aromatic carbocycles. The zero-order valence-corrected chi connectivity index (χ0v) is 17.9. The maximum absolute atomic E-state index is 15.3. The molecule has 0 bridgehead atoms. The van der Waals surface area contributed by atoms with Crippen molar-refractivity contribution in [2.75, 3.05) is 12.4 Å². The number of carbonyl (C=O) groups is 1. The molecule has 0 atom stereocenters. The van der Waals surface area contributed by atoms with E-state index in [1.807, 2.05) is 0 Å². The number of nitrogens with zero attached hydrogens (tertiary/aromatic N) is 2. The number of rotatable bonds is 3. The molecule has 5 nitrogen and oxygen atoms in total. The third kappa shape index (κ3) is 4.46. The van der Waals surface area contributed by atoms with Crippen LogP contribution in [-0.2, 0) is 4.74 Å². The van der Waals surface area contributed by atoms with Gasteiger partial charge in [-0.25, -0.2) is 18.6 Å². The van der Waals surface area contributed by atoms with Crippen LogP contribution in [0.3, 0.4) is 0 Å². The predicted molar refractivity (Wildman–Crippen MR) is 111 cm³/mol. The Bertz CT molecular complexity index is 1170. The molecule has 0 saturated carbocycles. The fraction of sp³-hybridized carbons (Fsp3) is 0.238. The van der Waals surface area contributed by atoms with Crippen molar-refractivity contribution in [3.8, 4) is 11.5 Å². The highest BCUT2D eigenvalue weighted by molar-refractivity contribution is 6.83. The third-order valence-corrected chi connectivity index (χ3v) is 4.92. The minimum atomic E-state index is -1.64. The summed E-state index contributed by atoms with van der Waals surface area (Å²) >= 11 is 0. The first-order valence-corrected chi connectivity index (χ1v) is 12.4.